The number of aliphatic carboxylic acids is 2. The van der Waals surface area contributed by atoms with Crippen molar-refractivity contribution in [2.75, 3.05) is 12.3 Å². The number of nitrogens with one attached hydrogen (secondary N) is 3. The van der Waals surface area contributed by atoms with Gasteiger partial charge in [-0.3, -0.25) is 24.2 Å². The van der Waals surface area contributed by atoms with Gasteiger partial charge in [-0.25, -0.2) is 4.79 Å². The van der Waals surface area contributed by atoms with E-state index >= 15 is 0 Å². The Balaban J connectivity index is 5.36. The Labute approximate surface area is 190 Å². The highest BCUT2D eigenvalue weighted by Gasteiger charge is 2.29. The van der Waals surface area contributed by atoms with Crippen molar-refractivity contribution in [1.82, 2.24) is 16.0 Å². The van der Waals surface area contributed by atoms with Gasteiger partial charge in [-0.1, -0.05) is 0 Å². The number of aliphatic imine (C=N–C) groups is 1. The lowest BCUT2D eigenvalue weighted by atomic mass is 10.1. The molecule has 4 atom stereocenters. The van der Waals surface area contributed by atoms with E-state index in [0.29, 0.717) is 0 Å². The summed E-state index contributed by atoms with van der Waals surface area (Å²) in [5.41, 5.74) is 15.9. The molecule has 0 aromatic rings. The number of carboxylic acid groups (broad SMARTS) is 2. The Morgan fingerprint density at radius 2 is 1.44 bits per heavy atom. The number of carboxylic acids is 2. The van der Waals surface area contributed by atoms with Crippen molar-refractivity contribution in [3.05, 3.63) is 0 Å². The highest BCUT2D eigenvalue weighted by molar-refractivity contribution is 7.80. The van der Waals surface area contributed by atoms with Gasteiger partial charge in [-0.05, 0) is 26.2 Å². The van der Waals surface area contributed by atoms with Crippen molar-refractivity contribution in [3.63, 3.8) is 0 Å². The van der Waals surface area contributed by atoms with E-state index < -0.39 is 60.2 Å². The first-order valence-electron chi connectivity index (χ1n) is 9.66. The van der Waals surface area contributed by atoms with Crippen LogP contribution in [0.2, 0.25) is 0 Å². The summed E-state index contributed by atoms with van der Waals surface area (Å²) in [5, 5.41) is 25.0. The molecular formula is C17H31N7O7S. The van der Waals surface area contributed by atoms with Gasteiger partial charge in [0.05, 0.1) is 6.04 Å². The summed E-state index contributed by atoms with van der Waals surface area (Å²) < 4.78 is 0. The van der Waals surface area contributed by atoms with Crippen LogP contribution in [0.3, 0.4) is 0 Å². The number of amides is 3. The van der Waals surface area contributed by atoms with Gasteiger partial charge in [0, 0.05) is 18.7 Å². The third kappa shape index (κ3) is 11.9. The first kappa shape index (κ1) is 28.9. The average Bonchev–Trinajstić information content (AvgIpc) is 2.70. The molecule has 0 aromatic heterocycles. The molecule has 0 aliphatic heterocycles. The quantitative estimate of drug-likeness (QED) is 0.0492. The van der Waals surface area contributed by atoms with Crippen molar-refractivity contribution in [3.8, 4) is 0 Å². The second-order valence-corrected chi connectivity index (χ2v) is 7.24. The SMILES string of the molecule is CC(N)C(=O)NC(CS)C(=O)NC(CCCN=C(N)N)C(=O)NC(CCC(=O)O)C(=O)O. The minimum absolute atomic E-state index is 0.0279. The lowest BCUT2D eigenvalue weighted by Crippen LogP contribution is -2.57. The summed E-state index contributed by atoms with van der Waals surface area (Å²) in [6, 6.07) is -4.67. The Bertz CT molecular complexity index is 713. The number of thiol groups is 1. The van der Waals surface area contributed by atoms with Crippen molar-refractivity contribution in [2.45, 2.75) is 56.8 Å². The molecule has 0 fully saturated rings. The number of nitrogens with zero attached hydrogens (tertiary/aromatic N) is 1. The summed E-state index contributed by atoms with van der Waals surface area (Å²) >= 11 is 4.01. The monoisotopic (exact) mass is 477 g/mol. The van der Waals surface area contributed by atoms with Crippen LogP contribution in [0, 0.1) is 0 Å². The van der Waals surface area contributed by atoms with Crippen LogP contribution in [0.4, 0.5) is 0 Å². The molecule has 0 aliphatic rings. The molecule has 0 heterocycles. The molecule has 0 saturated carbocycles. The summed E-state index contributed by atoms with van der Waals surface area (Å²) in [6.07, 6.45) is -0.556. The molecule has 0 spiro atoms. The zero-order valence-corrected chi connectivity index (χ0v) is 18.5. The lowest BCUT2D eigenvalue weighted by molar-refractivity contribution is -0.143. The summed E-state index contributed by atoms with van der Waals surface area (Å²) in [4.78, 5) is 62.8. The molecule has 32 heavy (non-hydrogen) atoms. The van der Waals surface area contributed by atoms with Crippen LogP contribution in [0.25, 0.3) is 0 Å². The van der Waals surface area contributed by atoms with Crippen molar-refractivity contribution >= 4 is 48.2 Å². The van der Waals surface area contributed by atoms with Gasteiger partial charge in [0.1, 0.15) is 18.1 Å². The van der Waals surface area contributed by atoms with Gasteiger partial charge in [-0.2, -0.15) is 12.6 Å². The Hall–Kier alpha value is -3.07. The number of carbonyl (C=O) groups is 5. The molecule has 4 unspecified atom stereocenters. The van der Waals surface area contributed by atoms with Crippen LogP contribution in [-0.2, 0) is 24.0 Å². The third-order valence-corrected chi connectivity index (χ3v) is 4.43. The molecule has 15 heteroatoms. The molecule has 0 saturated heterocycles. The maximum atomic E-state index is 12.7. The van der Waals surface area contributed by atoms with E-state index in [1.54, 1.807) is 0 Å². The Kier molecular flexibility index (Phi) is 13.4. The second-order valence-electron chi connectivity index (χ2n) is 6.87. The molecule has 0 radical (unpaired) electrons. The minimum Gasteiger partial charge on any atom is -0.481 e. The minimum atomic E-state index is -1.48. The number of rotatable bonds is 15. The van der Waals surface area contributed by atoms with E-state index in [9.17, 15) is 29.1 Å². The highest BCUT2D eigenvalue weighted by atomic mass is 32.1. The molecule has 0 aliphatic carbocycles. The third-order valence-electron chi connectivity index (χ3n) is 4.07. The fourth-order valence-electron chi connectivity index (χ4n) is 2.34. The van der Waals surface area contributed by atoms with Gasteiger partial charge in [0.25, 0.3) is 0 Å². The number of hydrogen-bond donors (Lipinski definition) is 9. The second kappa shape index (κ2) is 14.9. The van der Waals surface area contributed by atoms with E-state index in [-0.39, 0.29) is 37.5 Å². The summed E-state index contributed by atoms with van der Waals surface area (Å²) in [6.45, 7) is 1.56. The molecule has 182 valence electrons. The molecular weight excluding hydrogens is 446 g/mol. The predicted octanol–water partition coefficient (Wildman–Crippen LogP) is -3.28. The summed E-state index contributed by atoms with van der Waals surface area (Å²) in [5.74, 6) is -5.11. The van der Waals surface area contributed by atoms with E-state index in [1.165, 1.54) is 6.92 Å². The van der Waals surface area contributed by atoms with Crippen LogP contribution in [-0.4, -0.2) is 82.3 Å². The molecule has 0 bridgehead atoms. The lowest BCUT2D eigenvalue weighted by Gasteiger charge is -2.24. The maximum absolute atomic E-state index is 12.7. The maximum Gasteiger partial charge on any atom is 0.326 e. The Morgan fingerprint density at radius 3 is 1.91 bits per heavy atom. The molecule has 14 nitrogen and oxygen atoms in total. The molecule has 3 amide bonds. The molecule has 11 N–H and O–H groups in total. The van der Waals surface area contributed by atoms with Crippen LogP contribution < -0.4 is 33.2 Å². The number of hydrogen-bond acceptors (Lipinski definition) is 8. The first-order valence-corrected chi connectivity index (χ1v) is 10.3. The standard InChI is InChI=1S/C17H31N7O7S/c1-8(18)13(27)24-11(7-32)15(29)22-9(3-2-6-21-17(19)20)14(28)23-10(16(30)31)4-5-12(25)26/h8-11,32H,2-7,18H2,1H3,(H,22,29)(H,23,28)(H,24,27)(H,25,26)(H,30,31)(H4,19,20,21). The zero-order valence-electron chi connectivity index (χ0n) is 17.6. The normalized spacial score (nSPS) is 14.2. The van der Waals surface area contributed by atoms with Crippen molar-refractivity contribution in [2.24, 2.45) is 22.2 Å². The smallest absolute Gasteiger partial charge is 0.326 e. The van der Waals surface area contributed by atoms with Gasteiger partial charge in [0.2, 0.25) is 17.7 Å². The summed E-state index contributed by atoms with van der Waals surface area (Å²) in [7, 11) is 0. The number of carbonyl (C=O) groups excluding carboxylic acids is 3. The fraction of sp³-hybridized carbons (Fsp3) is 0.647. The zero-order chi connectivity index (χ0) is 24.8. The molecule has 0 rings (SSSR count). The van der Waals surface area contributed by atoms with Gasteiger partial charge in [0.15, 0.2) is 5.96 Å². The van der Waals surface area contributed by atoms with E-state index in [2.05, 4.69) is 33.6 Å². The number of guanidine groups is 1. The van der Waals surface area contributed by atoms with Crippen molar-refractivity contribution < 1.29 is 34.2 Å². The van der Waals surface area contributed by atoms with Gasteiger partial charge < -0.3 is 43.4 Å². The van der Waals surface area contributed by atoms with Crippen LogP contribution in [0.15, 0.2) is 4.99 Å². The Morgan fingerprint density at radius 1 is 0.906 bits per heavy atom. The largest absolute Gasteiger partial charge is 0.481 e. The van der Waals surface area contributed by atoms with Gasteiger partial charge in [-0.15, -0.1) is 0 Å². The molecule has 0 aromatic carbocycles. The van der Waals surface area contributed by atoms with E-state index in [1.807, 2.05) is 0 Å². The topological polar surface area (TPSA) is 252 Å². The van der Waals surface area contributed by atoms with Crippen LogP contribution in [0.5, 0.6) is 0 Å². The van der Waals surface area contributed by atoms with E-state index in [0.717, 1.165) is 0 Å². The van der Waals surface area contributed by atoms with E-state index in [4.69, 9.17) is 22.3 Å². The fourth-order valence-corrected chi connectivity index (χ4v) is 2.60. The highest BCUT2D eigenvalue weighted by Crippen LogP contribution is 2.04. The predicted molar refractivity (Wildman–Crippen MR) is 118 cm³/mol. The first-order chi connectivity index (χ1) is 14.9. The van der Waals surface area contributed by atoms with Gasteiger partial charge >= 0.3 is 11.9 Å². The number of nitrogens with two attached hydrogens (primary N) is 3. The van der Waals surface area contributed by atoms with Crippen LogP contribution in [0.1, 0.15) is 32.6 Å². The van der Waals surface area contributed by atoms with Crippen LogP contribution >= 0.6 is 12.6 Å². The van der Waals surface area contributed by atoms with Crippen molar-refractivity contribution in [1.29, 1.82) is 0 Å². The average molecular weight is 478 g/mol.